The molecule has 18 heavy (non-hydrogen) atoms. The second-order valence-electron chi connectivity index (χ2n) is 3.81. The van der Waals surface area contributed by atoms with E-state index in [0.29, 0.717) is 6.54 Å². The van der Waals surface area contributed by atoms with Crippen LogP contribution >= 0.6 is 27.3 Å². The highest BCUT2D eigenvalue weighted by atomic mass is 79.9. The van der Waals surface area contributed by atoms with Gasteiger partial charge in [0.05, 0.1) is 4.92 Å². The van der Waals surface area contributed by atoms with Gasteiger partial charge in [0.25, 0.3) is 0 Å². The van der Waals surface area contributed by atoms with Crippen molar-refractivity contribution in [1.82, 2.24) is 0 Å². The molecule has 0 radical (unpaired) electrons. The predicted octanol–water partition coefficient (Wildman–Crippen LogP) is 4.34. The quantitative estimate of drug-likeness (QED) is 0.671. The lowest BCUT2D eigenvalue weighted by molar-refractivity contribution is -0.380. The Hall–Kier alpha value is -1.40. The van der Waals surface area contributed by atoms with Crippen molar-refractivity contribution in [3.8, 4) is 0 Å². The fourth-order valence-corrected chi connectivity index (χ4v) is 2.65. The minimum Gasteiger partial charge on any atom is -0.380 e. The molecule has 0 amide bonds. The van der Waals surface area contributed by atoms with Gasteiger partial charge in [0.1, 0.15) is 0 Å². The van der Waals surface area contributed by atoms with Gasteiger partial charge in [0, 0.05) is 27.6 Å². The van der Waals surface area contributed by atoms with Crippen molar-refractivity contribution in [2.75, 3.05) is 5.32 Å². The van der Waals surface area contributed by atoms with Crippen LogP contribution in [-0.4, -0.2) is 4.92 Å². The van der Waals surface area contributed by atoms with E-state index in [1.54, 1.807) is 6.07 Å². The molecule has 0 spiro atoms. The lowest BCUT2D eigenvalue weighted by Gasteiger charge is -2.08. The molecule has 1 aromatic carbocycles. The largest absolute Gasteiger partial charge is 0.380 e. The SMILES string of the molecule is Cc1ccc(Br)cc1NCc1ccc([N+](=O)[O-])s1. The van der Waals surface area contributed by atoms with E-state index < -0.39 is 0 Å². The molecular formula is C12H11BrN2O2S. The first-order valence-corrected chi connectivity index (χ1v) is 6.90. The van der Waals surface area contributed by atoms with Crippen molar-refractivity contribution in [2.24, 2.45) is 0 Å². The predicted molar refractivity (Wildman–Crippen MR) is 77.2 cm³/mol. The van der Waals surface area contributed by atoms with E-state index in [1.165, 1.54) is 17.4 Å². The third kappa shape index (κ3) is 3.08. The van der Waals surface area contributed by atoms with E-state index in [2.05, 4.69) is 21.2 Å². The summed E-state index contributed by atoms with van der Waals surface area (Å²) in [6.45, 7) is 2.61. The molecule has 0 aliphatic rings. The van der Waals surface area contributed by atoms with Crippen LogP contribution in [0, 0.1) is 17.0 Å². The molecule has 1 aromatic heterocycles. The van der Waals surface area contributed by atoms with Gasteiger partial charge in [-0.3, -0.25) is 10.1 Å². The molecular weight excluding hydrogens is 316 g/mol. The number of nitrogens with one attached hydrogen (secondary N) is 1. The lowest BCUT2D eigenvalue weighted by Crippen LogP contribution is -1.99. The molecule has 0 bridgehead atoms. The van der Waals surface area contributed by atoms with Gasteiger partial charge in [-0.2, -0.15) is 0 Å². The van der Waals surface area contributed by atoms with E-state index >= 15 is 0 Å². The van der Waals surface area contributed by atoms with Crippen molar-refractivity contribution < 1.29 is 4.92 Å². The molecule has 6 heteroatoms. The summed E-state index contributed by atoms with van der Waals surface area (Å²) in [5, 5.41) is 14.0. The molecule has 0 aliphatic heterocycles. The number of halogens is 1. The molecule has 1 N–H and O–H groups in total. The summed E-state index contributed by atoms with van der Waals surface area (Å²) in [4.78, 5) is 11.2. The molecule has 2 aromatic rings. The Morgan fingerprint density at radius 1 is 1.39 bits per heavy atom. The Balaban J connectivity index is 2.06. The average Bonchev–Trinajstić information content (AvgIpc) is 2.79. The topological polar surface area (TPSA) is 55.2 Å². The van der Waals surface area contributed by atoms with Crippen LogP contribution in [-0.2, 0) is 6.54 Å². The van der Waals surface area contributed by atoms with E-state index in [9.17, 15) is 10.1 Å². The summed E-state index contributed by atoms with van der Waals surface area (Å²) in [5.74, 6) is 0. The van der Waals surface area contributed by atoms with Gasteiger partial charge in [-0.1, -0.05) is 33.3 Å². The third-order valence-electron chi connectivity index (χ3n) is 2.48. The smallest absolute Gasteiger partial charge is 0.324 e. The molecule has 0 fully saturated rings. The van der Waals surface area contributed by atoms with Crippen molar-refractivity contribution in [2.45, 2.75) is 13.5 Å². The van der Waals surface area contributed by atoms with Gasteiger partial charge in [0.2, 0.25) is 0 Å². The summed E-state index contributed by atoms with van der Waals surface area (Å²) >= 11 is 4.62. The van der Waals surface area contributed by atoms with E-state index in [-0.39, 0.29) is 9.92 Å². The molecule has 0 saturated carbocycles. The number of rotatable bonds is 4. The number of benzene rings is 1. The van der Waals surface area contributed by atoms with Crippen LogP contribution in [0.15, 0.2) is 34.8 Å². The summed E-state index contributed by atoms with van der Waals surface area (Å²) in [6, 6.07) is 9.32. The van der Waals surface area contributed by atoms with E-state index in [4.69, 9.17) is 0 Å². The van der Waals surface area contributed by atoms with Gasteiger partial charge in [0.15, 0.2) is 0 Å². The van der Waals surface area contributed by atoms with E-state index in [1.807, 2.05) is 25.1 Å². The van der Waals surface area contributed by atoms with Crippen LogP contribution in [0.5, 0.6) is 0 Å². The molecule has 0 atom stereocenters. The average molecular weight is 327 g/mol. The van der Waals surface area contributed by atoms with Crippen LogP contribution in [0.2, 0.25) is 0 Å². The normalized spacial score (nSPS) is 10.3. The maximum absolute atomic E-state index is 10.6. The van der Waals surface area contributed by atoms with Gasteiger partial charge in [-0.05, 0) is 30.7 Å². The highest BCUT2D eigenvalue weighted by molar-refractivity contribution is 9.10. The van der Waals surface area contributed by atoms with Crippen LogP contribution < -0.4 is 5.32 Å². The first-order chi connectivity index (χ1) is 8.56. The standard InChI is InChI=1S/C12H11BrN2O2S/c1-8-2-3-9(13)6-11(8)14-7-10-4-5-12(18-10)15(16)17/h2-6,14H,7H2,1H3. The number of hydrogen-bond donors (Lipinski definition) is 1. The minimum absolute atomic E-state index is 0.178. The minimum atomic E-state index is -0.363. The van der Waals surface area contributed by atoms with Crippen molar-refractivity contribution in [3.05, 3.63) is 55.4 Å². The third-order valence-corrected chi connectivity index (χ3v) is 4.01. The molecule has 0 unspecified atom stereocenters. The zero-order chi connectivity index (χ0) is 13.1. The number of aryl methyl sites for hydroxylation is 1. The van der Waals surface area contributed by atoms with Gasteiger partial charge in [-0.15, -0.1) is 0 Å². The van der Waals surface area contributed by atoms with Crippen molar-refractivity contribution in [3.63, 3.8) is 0 Å². The Morgan fingerprint density at radius 3 is 2.83 bits per heavy atom. The summed E-state index contributed by atoms with van der Waals surface area (Å²) in [5.41, 5.74) is 2.17. The Bertz CT molecular complexity index is 583. The van der Waals surface area contributed by atoms with Crippen LogP contribution in [0.4, 0.5) is 10.7 Å². The second kappa shape index (κ2) is 5.49. The molecule has 0 aliphatic carbocycles. The molecule has 1 heterocycles. The number of hydrogen-bond acceptors (Lipinski definition) is 4. The van der Waals surface area contributed by atoms with E-state index in [0.717, 1.165) is 20.6 Å². The maximum atomic E-state index is 10.6. The molecule has 0 saturated heterocycles. The zero-order valence-electron chi connectivity index (χ0n) is 9.64. The number of nitrogens with zero attached hydrogens (tertiary/aromatic N) is 1. The maximum Gasteiger partial charge on any atom is 0.324 e. The number of thiophene rings is 1. The van der Waals surface area contributed by atoms with Crippen molar-refractivity contribution in [1.29, 1.82) is 0 Å². The number of nitro groups is 1. The molecule has 94 valence electrons. The Kier molecular flexibility index (Phi) is 3.98. The molecule has 2 rings (SSSR count). The fraction of sp³-hybridized carbons (Fsp3) is 0.167. The highest BCUT2D eigenvalue weighted by Crippen LogP contribution is 2.26. The Morgan fingerprint density at radius 2 is 2.17 bits per heavy atom. The monoisotopic (exact) mass is 326 g/mol. The summed E-state index contributed by atoms with van der Waals surface area (Å²) in [7, 11) is 0. The lowest BCUT2D eigenvalue weighted by atomic mass is 10.2. The number of anilines is 1. The zero-order valence-corrected chi connectivity index (χ0v) is 12.0. The second-order valence-corrected chi connectivity index (χ2v) is 5.87. The van der Waals surface area contributed by atoms with Gasteiger partial charge < -0.3 is 5.32 Å². The highest BCUT2D eigenvalue weighted by Gasteiger charge is 2.09. The molecule has 4 nitrogen and oxygen atoms in total. The first-order valence-electron chi connectivity index (χ1n) is 5.29. The van der Waals surface area contributed by atoms with Crippen LogP contribution in [0.1, 0.15) is 10.4 Å². The Labute approximate surface area is 117 Å². The fourth-order valence-electron chi connectivity index (χ4n) is 1.53. The van der Waals surface area contributed by atoms with Crippen molar-refractivity contribution >= 4 is 38.0 Å². The van der Waals surface area contributed by atoms with Gasteiger partial charge in [-0.25, -0.2) is 0 Å². The van der Waals surface area contributed by atoms with Crippen LogP contribution in [0.3, 0.4) is 0 Å². The first kappa shape index (κ1) is 13.0. The summed E-state index contributed by atoms with van der Waals surface area (Å²) < 4.78 is 1.01. The van der Waals surface area contributed by atoms with Gasteiger partial charge >= 0.3 is 5.00 Å². The van der Waals surface area contributed by atoms with Crippen LogP contribution in [0.25, 0.3) is 0 Å². The summed E-state index contributed by atoms with van der Waals surface area (Å²) in [6.07, 6.45) is 0.